The minimum Gasteiger partial charge on any atom is -0.382 e. The molecule has 23 heavy (non-hydrogen) atoms. The van der Waals surface area contributed by atoms with E-state index >= 15 is 0 Å². The van der Waals surface area contributed by atoms with Gasteiger partial charge in [0.25, 0.3) is 0 Å². The standard InChI is InChI=1S/C16H34N4O2.HI/c1-16(2,3)19-8-7-18-15(17-4)20-9-6-14(12-20)13-22-11-10-21-5;/h14,19H,6-13H2,1-5H3,(H,17,18);1H. The second-order valence-electron chi connectivity index (χ2n) is 6.82. The third kappa shape index (κ3) is 10.4. The molecule has 0 amide bonds. The van der Waals surface area contributed by atoms with Crippen LogP contribution in [0.3, 0.4) is 0 Å². The van der Waals surface area contributed by atoms with Crippen LogP contribution in [0.25, 0.3) is 0 Å². The lowest BCUT2D eigenvalue weighted by Crippen LogP contribution is -2.45. The lowest BCUT2D eigenvalue weighted by Gasteiger charge is -2.24. The van der Waals surface area contributed by atoms with Crippen molar-refractivity contribution in [3.63, 3.8) is 0 Å². The van der Waals surface area contributed by atoms with Gasteiger partial charge in [-0.1, -0.05) is 0 Å². The number of hydrogen-bond acceptors (Lipinski definition) is 4. The molecule has 138 valence electrons. The molecule has 0 aromatic carbocycles. The van der Waals surface area contributed by atoms with Crippen molar-refractivity contribution in [2.75, 3.05) is 60.2 Å². The lowest BCUT2D eigenvalue weighted by atomic mass is 10.1. The van der Waals surface area contributed by atoms with E-state index in [4.69, 9.17) is 9.47 Å². The van der Waals surface area contributed by atoms with Gasteiger partial charge in [-0.2, -0.15) is 0 Å². The van der Waals surface area contributed by atoms with Gasteiger partial charge in [-0.3, -0.25) is 4.99 Å². The van der Waals surface area contributed by atoms with Gasteiger partial charge in [0.05, 0.1) is 19.8 Å². The Morgan fingerprint density at radius 1 is 1.26 bits per heavy atom. The maximum Gasteiger partial charge on any atom is 0.193 e. The van der Waals surface area contributed by atoms with Crippen molar-refractivity contribution < 1.29 is 9.47 Å². The van der Waals surface area contributed by atoms with E-state index < -0.39 is 0 Å². The van der Waals surface area contributed by atoms with Gasteiger partial charge >= 0.3 is 0 Å². The molecular weight excluding hydrogens is 407 g/mol. The van der Waals surface area contributed by atoms with Crippen LogP contribution in [-0.2, 0) is 9.47 Å². The number of nitrogens with zero attached hydrogens (tertiary/aromatic N) is 2. The fraction of sp³-hybridized carbons (Fsp3) is 0.938. The van der Waals surface area contributed by atoms with Crippen LogP contribution in [-0.4, -0.2) is 76.6 Å². The summed E-state index contributed by atoms with van der Waals surface area (Å²) in [6.45, 7) is 12.6. The SMILES string of the molecule is CN=C(NCCNC(C)(C)C)N1CCC(COCCOC)C1.I. The highest BCUT2D eigenvalue weighted by Crippen LogP contribution is 2.16. The number of methoxy groups -OCH3 is 1. The van der Waals surface area contributed by atoms with Crippen LogP contribution < -0.4 is 10.6 Å². The number of ether oxygens (including phenoxy) is 2. The van der Waals surface area contributed by atoms with Crippen LogP contribution >= 0.6 is 24.0 Å². The maximum atomic E-state index is 5.63. The highest BCUT2D eigenvalue weighted by Gasteiger charge is 2.24. The molecule has 0 aromatic rings. The number of hydrogen-bond donors (Lipinski definition) is 2. The van der Waals surface area contributed by atoms with Crippen molar-refractivity contribution in [2.45, 2.75) is 32.7 Å². The Labute approximate surface area is 158 Å². The maximum absolute atomic E-state index is 5.63. The number of rotatable bonds is 8. The molecular formula is C16H35IN4O2. The third-order valence-corrected chi connectivity index (χ3v) is 3.65. The van der Waals surface area contributed by atoms with E-state index in [0.29, 0.717) is 19.1 Å². The molecule has 0 spiro atoms. The molecule has 7 heteroatoms. The first-order chi connectivity index (χ1) is 10.5. The number of nitrogens with one attached hydrogen (secondary N) is 2. The van der Waals surface area contributed by atoms with Gasteiger partial charge in [0, 0.05) is 51.8 Å². The van der Waals surface area contributed by atoms with E-state index in [9.17, 15) is 0 Å². The van der Waals surface area contributed by atoms with E-state index in [2.05, 4.69) is 41.3 Å². The summed E-state index contributed by atoms with van der Waals surface area (Å²) in [6.07, 6.45) is 1.16. The third-order valence-electron chi connectivity index (χ3n) is 3.65. The predicted molar refractivity (Wildman–Crippen MR) is 107 cm³/mol. The predicted octanol–water partition coefficient (Wildman–Crippen LogP) is 1.55. The summed E-state index contributed by atoms with van der Waals surface area (Å²) >= 11 is 0. The van der Waals surface area contributed by atoms with Crippen LogP contribution in [0, 0.1) is 5.92 Å². The average molecular weight is 442 g/mol. The molecule has 0 aliphatic carbocycles. The van der Waals surface area contributed by atoms with Gasteiger partial charge in [0.2, 0.25) is 0 Å². The molecule has 0 radical (unpaired) electrons. The lowest BCUT2D eigenvalue weighted by molar-refractivity contribution is 0.0536. The fourth-order valence-electron chi connectivity index (χ4n) is 2.50. The highest BCUT2D eigenvalue weighted by atomic mass is 127. The first-order valence-corrected chi connectivity index (χ1v) is 8.23. The fourth-order valence-corrected chi connectivity index (χ4v) is 2.50. The zero-order valence-corrected chi connectivity index (χ0v) is 17.7. The molecule has 1 atom stereocenters. The van der Waals surface area contributed by atoms with Gasteiger partial charge in [0.15, 0.2) is 5.96 Å². The summed E-state index contributed by atoms with van der Waals surface area (Å²) in [4.78, 5) is 6.71. The van der Waals surface area contributed by atoms with Gasteiger partial charge in [-0.25, -0.2) is 0 Å². The monoisotopic (exact) mass is 442 g/mol. The normalized spacial score (nSPS) is 18.9. The Balaban J connectivity index is 0.00000484. The van der Waals surface area contributed by atoms with Crippen molar-refractivity contribution in [2.24, 2.45) is 10.9 Å². The van der Waals surface area contributed by atoms with Gasteiger partial charge in [0.1, 0.15) is 0 Å². The van der Waals surface area contributed by atoms with Crippen molar-refractivity contribution in [3.05, 3.63) is 0 Å². The molecule has 6 nitrogen and oxygen atoms in total. The summed E-state index contributed by atoms with van der Waals surface area (Å²) < 4.78 is 10.6. The zero-order chi connectivity index (χ0) is 16.4. The Morgan fingerprint density at radius 2 is 2.00 bits per heavy atom. The molecule has 2 N–H and O–H groups in total. The quantitative estimate of drug-likeness (QED) is 0.259. The molecule has 0 bridgehead atoms. The van der Waals surface area contributed by atoms with Crippen LogP contribution in [0.4, 0.5) is 0 Å². The summed E-state index contributed by atoms with van der Waals surface area (Å²) in [7, 11) is 3.55. The molecule has 1 heterocycles. The second kappa shape index (κ2) is 12.3. The average Bonchev–Trinajstić information content (AvgIpc) is 2.91. The first-order valence-electron chi connectivity index (χ1n) is 8.23. The van der Waals surface area contributed by atoms with Gasteiger partial charge < -0.3 is 25.0 Å². The van der Waals surface area contributed by atoms with Crippen LogP contribution in [0.5, 0.6) is 0 Å². The van der Waals surface area contributed by atoms with Crippen molar-refractivity contribution in [1.29, 1.82) is 0 Å². The second-order valence-corrected chi connectivity index (χ2v) is 6.82. The van der Waals surface area contributed by atoms with Gasteiger partial charge in [-0.05, 0) is 27.2 Å². The Morgan fingerprint density at radius 3 is 2.61 bits per heavy atom. The number of guanidine groups is 1. The molecule has 1 saturated heterocycles. The summed E-state index contributed by atoms with van der Waals surface area (Å²) in [5.74, 6) is 1.58. The van der Waals surface area contributed by atoms with Crippen molar-refractivity contribution in [1.82, 2.24) is 15.5 Å². The summed E-state index contributed by atoms with van der Waals surface area (Å²) in [5, 5.41) is 6.91. The summed E-state index contributed by atoms with van der Waals surface area (Å²) in [5.41, 5.74) is 0.156. The minimum absolute atomic E-state index is 0. The zero-order valence-electron chi connectivity index (χ0n) is 15.4. The van der Waals surface area contributed by atoms with Crippen LogP contribution in [0.1, 0.15) is 27.2 Å². The number of aliphatic imine (C=N–C) groups is 1. The smallest absolute Gasteiger partial charge is 0.193 e. The molecule has 1 aliphatic heterocycles. The van der Waals surface area contributed by atoms with Crippen molar-refractivity contribution in [3.8, 4) is 0 Å². The minimum atomic E-state index is 0. The largest absolute Gasteiger partial charge is 0.382 e. The van der Waals surface area contributed by atoms with E-state index in [1.54, 1.807) is 7.11 Å². The van der Waals surface area contributed by atoms with Crippen LogP contribution in [0.15, 0.2) is 4.99 Å². The van der Waals surface area contributed by atoms with Gasteiger partial charge in [-0.15, -0.1) is 24.0 Å². The topological polar surface area (TPSA) is 58.1 Å². The Bertz CT molecular complexity index is 335. The van der Waals surface area contributed by atoms with E-state index in [-0.39, 0.29) is 29.5 Å². The van der Waals surface area contributed by atoms with Crippen LogP contribution in [0.2, 0.25) is 0 Å². The summed E-state index contributed by atoms with van der Waals surface area (Å²) in [6, 6.07) is 0. The molecule has 1 unspecified atom stereocenters. The Hall–Kier alpha value is -0.120. The number of likely N-dealkylation sites (tertiary alicyclic amines) is 1. The van der Waals surface area contributed by atoms with Crippen molar-refractivity contribution >= 4 is 29.9 Å². The molecule has 1 fully saturated rings. The Kier molecular flexibility index (Phi) is 12.2. The molecule has 0 saturated carbocycles. The van der Waals surface area contributed by atoms with E-state index in [1.165, 1.54) is 0 Å². The molecule has 1 aliphatic rings. The first kappa shape index (κ1) is 22.9. The molecule has 1 rings (SSSR count). The van der Waals surface area contributed by atoms with E-state index in [1.807, 2.05) is 7.05 Å². The highest BCUT2D eigenvalue weighted by molar-refractivity contribution is 14.0. The van der Waals surface area contributed by atoms with E-state index in [0.717, 1.165) is 45.2 Å². The number of halogens is 1. The molecule has 0 aromatic heterocycles.